The van der Waals surface area contributed by atoms with E-state index in [1.807, 2.05) is 0 Å². The molecule has 112 valence electrons. The first-order valence-electron chi connectivity index (χ1n) is 7.51. The van der Waals surface area contributed by atoms with Crippen molar-refractivity contribution in [2.24, 2.45) is 11.1 Å². The molecule has 1 fully saturated rings. The van der Waals surface area contributed by atoms with Crippen LogP contribution < -0.4 is 10.6 Å². The number of rotatable bonds is 2. The number of hydrogen-bond donors (Lipinski definition) is 1. The van der Waals surface area contributed by atoms with Crippen molar-refractivity contribution in [3.63, 3.8) is 0 Å². The summed E-state index contributed by atoms with van der Waals surface area (Å²) in [7, 11) is 1.81. The van der Waals surface area contributed by atoms with Crippen LogP contribution in [0.2, 0.25) is 0 Å². The van der Waals surface area contributed by atoms with E-state index >= 15 is 0 Å². The summed E-state index contributed by atoms with van der Waals surface area (Å²) in [4.78, 5) is 8.58. The Bertz CT molecular complexity index is 485. The lowest BCUT2D eigenvalue weighted by Crippen LogP contribution is -2.39. The lowest BCUT2D eigenvalue weighted by Gasteiger charge is -2.32. The summed E-state index contributed by atoms with van der Waals surface area (Å²) >= 11 is 1.80. The van der Waals surface area contributed by atoms with Gasteiger partial charge in [0.2, 0.25) is 0 Å². The second-order valence-electron chi connectivity index (χ2n) is 6.90. The normalized spacial score (nSPS) is 29.3. The molecule has 2 heterocycles. The van der Waals surface area contributed by atoms with Crippen LogP contribution in [0.1, 0.15) is 49.7 Å². The van der Waals surface area contributed by atoms with Gasteiger partial charge in [-0.25, -0.2) is 4.98 Å². The largest absolute Gasteiger partial charge is 0.380 e. The van der Waals surface area contributed by atoms with Gasteiger partial charge in [0.25, 0.3) is 0 Å². The maximum absolute atomic E-state index is 6.35. The molecule has 1 aromatic rings. The Labute approximate surface area is 125 Å². The van der Waals surface area contributed by atoms with Gasteiger partial charge in [0.15, 0.2) is 5.13 Å². The summed E-state index contributed by atoms with van der Waals surface area (Å²) in [6.07, 6.45) is 4.79. The molecule has 0 radical (unpaired) electrons. The van der Waals surface area contributed by atoms with Crippen LogP contribution in [0.5, 0.6) is 0 Å². The monoisotopic (exact) mass is 295 g/mol. The molecule has 5 heteroatoms. The zero-order valence-corrected chi connectivity index (χ0v) is 13.5. The molecular weight excluding hydrogens is 270 g/mol. The lowest BCUT2D eigenvalue weighted by molar-refractivity contribution is 0.0893. The number of nitrogens with zero attached hydrogens (tertiary/aromatic N) is 2. The van der Waals surface area contributed by atoms with E-state index in [4.69, 9.17) is 15.5 Å². The van der Waals surface area contributed by atoms with E-state index in [2.05, 4.69) is 18.7 Å². The van der Waals surface area contributed by atoms with Crippen molar-refractivity contribution >= 4 is 16.5 Å². The second kappa shape index (κ2) is 5.28. The van der Waals surface area contributed by atoms with Gasteiger partial charge in [0.1, 0.15) is 0 Å². The van der Waals surface area contributed by atoms with E-state index in [9.17, 15) is 0 Å². The van der Waals surface area contributed by atoms with Crippen molar-refractivity contribution in [2.45, 2.75) is 51.7 Å². The Morgan fingerprint density at radius 3 is 3.00 bits per heavy atom. The maximum Gasteiger partial charge on any atom is 0.185 e. The average Bonchev–Trinajstić information content (AvgIpc) is 2.81. The molecule has 0 amide bonds. The predicted molar refractivity (Wildman–Crippen MR) is 83.4 cm³/mol. The van der Waals surface area contributed by atoms with Gasteiger partial charge >= 0.3 is 0 Å². The number of hydrogen-bond acceptors (Lipinski definition) is 5. The Morgan fingerprint density at radius 1 is 1.45 bits per heavy atom. The molecule has 4 nitrogen and oxygen atoms in total. The molecule has 20 heavy (non-hydrogen) atoms. The highest BCUT2D eigenvalue weighted by molar-refractivity contribution is 7.15. The predicted octanol–water partition coefficient (Wildman–Crippen LogP) is 2.73. The van der Waals surface area contributed by atoms with Gasteiger partial charge in [0.05, 0.1) is 11.8 Å². The van der Waals surface area contributed by atoms with Crippen LogP contribution in [0.4, 0.5) is 5.13 Å². The minimum Gasteiger partial charge on any atom is -0.380 e. The fraction of sp³-hybridized carbons (Fsp3) is 0.800. The molecule has 0 bridgehead atoms. The number of piperidine rings is 1. The number of anilines is 1. The topological polar surface area (TPSA) is 51.4 Å². The van der Waals surface area contributed by atoms with Crippen molar-refractivity contribution in [1.82, 2.24) is 4.98 Å². The fourth-order valence-corrected chi connectivity index (χ4v) is 4.54. The lowest BCUT2D eigenvalue weighted by atomic mass is 9.77. The summed E-state index contributed by atoms with van der Waals surface area (Å²) < 4.78 is 5.51. The van der Waals surface area contributed by atoms with E-state index < -0.39 is 0 Å². The standard InChI is InChI=1S/C15H25N3OS/c1-15(2)7-11(16)13-12(8-15)17-14(20-13)18-6-4-5-10(9-18)19-3/h10-11H,4-9,16H2,1-3H3. The Morgan fingerprint density at radius 2 is 2.25 bits per heavy atom. The first-order chi connectivity index (χ1) is 9.48. The number of ether oxygens (including phenoxy) is 1. The quantitative estimate of drug-likeness (QED) is 0.911. The van der Waals surface area contributed by atoms with Crippen molar-refractivity contribution in [1.29, 1.82) is 0 Å². The smallest absolute Gasteiger partial charge is 0.185 e. The molecule has 1 aromatic heterocycles. The van der Waals surface area contributed by atoms with Crippen molar-refractivity contribution in [3.05, 3.63) is 10.6 Å². The van der Waals surface area contributed by atoms with Crippen LogP contribution in [0.3, 0.4) is 0 Å². The highest BCUT2D eigenvalue weighted by Crippen LogP contribution is 2.43. The van der Waals surface area contributed by atoms with Crippen molar-refractivity contribution < 1.29 is 4.74 Å². The highest BCUT2D eigenvalue weighted by Gasteiger charge is 2.34. The molecule has 2 unspecified atom stereocenters. The van der Waals surface area contributed by atoms with Crippen LogP contribution in [-0.2, 0) is 11.2 Å². The Kier molecular flexibility index (Phi) is 3.77. The SMILES string of the molecule is COC1CCCN(c2nc3c(s2)C(N)CC(C)(C)C3)C1. The van der Waals surface area contributed by atoms with Crippen LogP contribution in [0.15, 0.2) is 0 Å². The third-order valence-electron chi connectivity index (χ3n) is 4.45. The summed E-state index contributed by atoms with van der Waals surface area (Å²) in [6.45, 7) is 6.62. The van der Waals surface area contributed by atoms with Crippen molar-refractivity contribution in [3.8, 4) is 0 Å². The minimum absolute atomic E-state index is 0.156. The maximum atomic E-state index is 6.35. The Hall–Kier alpha value is -0.650. The van der Waals surface area contributed by atoms with Gasteiger partial charge in [-0.2, -0.15) is 0 Å². The summed E-state index contributed by atoms with van der Waals surface area (Å²) in [5.74, 6) is 0. The van der Waals surface area contributed by atoms with Gasteiger partial charge in [-0.1, -0.05) is 25.2 Å². The first kappa shape index (κ1) is 14.3. The van der Waals surface area contributed by atoms with E-state index in [1.165, 1.54) is 17.0 Å². The minimum atomic E-state index is 0.156. The molecule has 2 atom stereocenters. The number of nitrogens with two attached hydrogens (primary N) is 1. The third kappa shape index (κ3) is 2.71. The van der Waals surface area contributed by atoms with E-state index in [0.29, 0.717) is 6.10 Å². The molecule has 1 saturated heterocycles. The molecule has 1 aliphatic carbocycles. The molecule has 2 aliphatic rings. The van der Waals surface area contributed by atoms with E-state index in [1.54, 1.807) is 18.4 Å². The van der Waals surface area contributed by atoms with Crippen LogP contribution in [0.25, 0.3) is 0 Å². The zero-order chi connectivity index (χ0) is 14.3. The van der Waals surface area contributed by atoms with E-state index in [-0.39, 0.29) is 11.5 Å². The summed E-state index contributed by atoms with van der Waals surface area (Å²) in [6, 6.07) is 0.156. The van der Waals surface area contributed by atoms with Gasteiger partial charge in [-0.05, 0) is 31.1 Å². The number of thiazole rings is 1. The van der Waals surface area contributed by atoms with Gasteiger partial charge in [-0.3, -0.25) is 0 Å². The van der Waals surface area contributed by atoms with Crippen LogP contribution >= 0.6 is 11.3 Å². The zero-order valence-electron chi connectivity index (χ0n) is 12.7. The second-order valence-corrected chi connectivity index (χ2v) is 7.91. The molecule has 0 aromatic carbocycles. The number of methoxy groups -OCH3 is 1. The van der Waals surface area contributed by atoms with E-state index in [0.717, 1.165) is 37.5 Å². The molecule has 2 N–H and O–H groups in total. The molecule has 3 rings (SSSR count). The Balaban J connectivity index is 1.83. The summed E-state index contributed by atoms with van der Waals surface area (Å²) in [5.41, 5.74) is 7.85. The van der Waals surface area contributed by atoms with Crippen molar-refractivity contribution in [2.75, 3.05) is 25.1 Å². The molecular formula is C15H25N3OS. The van der Waals surface area contributed by atoms with Crippen LogP contribution in [0, 0.1) is 5.41 Å². The first-order valence-corrected chi connectivity index (χ1v) is 8.33. The third-order valence-corrected chi connectivity index (χ3v) is 5.74. The average molecular weight is 295 g/mol. The van der Waals surface area contributed by atoms with Gasteiger partial charge in [0, 0.05) is 31.1 Å². The fourth-order valence-electron chi connectivity index (χ4n) is 3.42. The summed E-state index contributed by atoms with van der Waals surface area (Å²) in [5, 5.41) is 1.14. The number of aromatic nitrogens is 1. The highest BCUT2D eigenvalue weighted by atomic mass is 32.1. The van der Waals surface area contributed by atoms with Gasteiger partial charge < -0.3 is 15.4 Å². The van der Waals surface area contributed by atoms with Crippen LogP contribution in [-0.4, -0.2) is 31.3 Å². The molecule has 0 saturated carbocycles. The number of fused-ring (bicyclic) bond motifs is 1. The molecule has 1 aliphatic heterocycles. The van der Waals surface area contributed by atoms with Gasteiger partial charge in [-0.15, -0.1) is 0 Å². The molecule has 0 spiro atoms.